The minimum Gasteiger partial charge on any atom is -0.314 e. The van der Waals surface area contributed by atoms with Gasteiger partial charge in [-0.15, -0.1) is 35.0 Å². The molecule has 6 heteroatoms. The number of fused-ring (bicyclic) bond motifs is 1. The van der Waals surface area contributed by atoms with Gasteiger partial charge in [-0.25, -0.2) is 0 Å². The lowest BCUT2D eigenvalue weighted by Crippen LogP contribution is -2.13. The van der Waals surface area contributed by atoms with Gasteiger partial charge < -0.3 is 9.88 Å². The van der Waals surface area contributed by atoms with Gasteiger partial charge in [-0.1, -0.05) is 6.42 Å². The Labute approximate surface area is 103 Å². The fourth-order valence-electron chi connectivity index (χ4n) is 1.83. The Kier molecular flexibility index (Phi) is 6.89. The molecule has 1 aromatic heterocycles. The molecule has 1 N–H and O–H groups in total. The third-order valence-electron chi connectivity index (χ3n) is 2.52. The monoisotopic (exact) mass is 252 g/mol. The van der Waals surface area contributed by atoms with Crippen molar-refractivity contribution in [3.63, 3.8) is 0 Å². The topological polar surface area (TPSA) is 42.7 Å². The van der Waals surface area contributed by atoms with Gasteiger partial charge in [-0.05, 0) is 19.9 Å². The molecule has 0 fully saturated rings. The molecule has 88 valence electrons. The number of aromatic nitrogens is 3. The average Bonchev–Trinajstić information content (AvgIpc) is 2.38. The van der Waals surface area contributed by atoms with Gasteiger partial charge in [0.1, 0.15) is 11.6 Å². The second-order valence-corrected chi connectivity index (χ2v) is 3.53. The molecule has 1 aliphatic heterocycles. The molecule has 0 aliphatic carbocycles. The summed E-state index contributed by atoms with van der Waals surface area (Å²) in [6.45, 7) is 1.92. The normalized spacial score (nSPS) is 14.5. The number of rotatable bonds is 2. The maximum absolute atomic E-state index is 4.21. The van der Waals surface area contributed by atoms with Gasteiger partial charge >= 0.3 is 0 Å². The van der Waals surface area contributed by atoms with Crippen molar-refractivity contribution in [1.82, 2.24) is 20.1 Å². The standard InChI is InChI=1S/C9H16N4.2ClH/c1-10-7-9-12-11-8-5-3-2-4-6-13(8)9;;/h10H,2-7H2,1H3;2*1H. The summed E-state index contributed by atoms with van der Waals surface area (Å²) in [4.78, 5) is 0. The van der Waals surface area contributed by atoms with Crippen molar-refractivity contribution in [1.29, 1.82) is 0 Å². The molecule has 0 saturated carbocycles. The van der Waals surface area contributed by atoms with Crippen molar-refractivity contribution in [3.05, 3.63) is 11.6 Å². The Hall–Kier alpha value is -0.320. The lowest BCUT2D eigenvalue weighted by Gasteiger charge is -2.05. The van der Waals surface area contributed by atoms with Crippen molar-refractivity contribution in [2.75, 3.05) is 7.05 Å². The molecular formula is C9H18Cl2N4. The van der Waals surface area contributed by atoms with E-state index in [9.17, 15) is 0 Å². The molecule has 1 aromatic rings. The predicted molar refractivity (Wildman–Crippen MR) is 64.8 cm³/mol. The van der Waals surface area contributed by atoms with Crippen LogP contribution in [0.15, 0.2) is 0 Å². The van der Waals surface area contributed by atoms with E-state index in [0.717, 1.165) is 25.3 Å². The van der Waals surface area contributed by atoms with E-state index in [-0.39, 0.29) is 24.8 Å². The van der Waals surface area contributed by atoms with Crippen LogP contribution in [-0.2, 0) is 19.5 Å². The molecule has 0 aromatic carbocycles. The first kappa shape index (κ1) is 14.7. The van der Waals surface area contributed by atoms with Gasteiger partial charge in [0.2, 0.25) is 0 Å². The highest BCUT2D eigenvalue weighted by molar-refractivity contribution is 5.85. The van der Waals surface area contributed by atoms with E-state index in [2.05, 4.69) is 20.1 Å². The third kappa shape index (κ3) is 3.33. The Morgan fingerprint density at radius 3 is 2.73 bits per heavy atom. The largest absolute Gasteiger partial charge is 0.314 e. The van der Waals surface area contributed by atoms with Gasteiger partial charge in [-0.3, -0.25) is 0 Å². The van der Waals surface area contributed by atoms with E-state index in [0.29, 0.717) is 0 Å². The highest BCUT2D eigenvalue weighted by atomic mass is 35.5. The number of aryl methyl sites for hydroxylation is 1. The summed E-state index contributed by atoms with van der Waals surface area (Å²) in [5.41, 5.74) is 0. The molecule has 0 amide bonds. The zero-order chi connectivity index (χ0) is 9.10. The van der Waals surface area contributed by atoms with E-state index < -0.39 is 0 Å². The number of halogens is 2. The Balaban J connectivity index is 0.000000980. The minimum absolute atomic E-state index is 0. The second-order valence-electron chi connectivity index (χ2n) is 3.53. The Morgan fingerprint density at radius 2 is 2.00 bits per heavy atom. The van der Waals surface area contributed by atoms with Crippen LogP contribution in [0.1, 0.15) is 30.9 Å². The molecule has 0 spiro atoms. The van der Waals surface area contributed by atoms with Gasteiger partial charge in [0.25, 0.3) is 0 Å². The molecule has 0 bridgehead atoms. The number of hydrogen-bond acceptors (Lipinski definition) is 3. The van der Waals surface area contributed by atoms with Crippen molar-refractivity contribution in [2.45, 2.75) is 38.8 Å². The van der Waals surface area contributed by atoms with Crippen molar-refractivity contribution < 1.29 is 0 Å². The first-order valence-corrected chi connectivity index (χ1v) is 4.97. The van der Waals surface area contributed by atoms with Crippen molar-refractivity contribution in [3.8, 4) is 0 Å². The highest BCUT2D eigenvalue weighted by Gasteiger charge is 2.13. The molecule has 2 rings (SSSR count). The fraction of sp³-hybridized carbons (Fsp3) is 0.778. The molecule has 1 aliphatic rings. The maximum atomic E-state index is 4.21. The summed E-state index contributed by atoms with van der Waals surface area (Å²) < 4.78 is 2.27. The Bertz CT molecular complexity index is 288. The lowest BCUT2D eigenvalue weighted by atomic mass is 10.2. The number of nitrogens with zero attached hydrogens (tertiary/aromatic N) is 3. The van der Waals surface area contributed by atoms with Crippen LogP contribution in [0.2, 0.25) is 0 Å². The van der Waals surface area contributed by atoms with E-state index in [4.69, 9.17) is 0 Å². The molecular weight excluding hydrogens is 235 g/mol. The zero-order valence-corrected chi connectivity index (χ0v) is 10.5. The van der Waals surface area contributed by atoms with Gasteiger partial charge in [0.05, 0.1) is 6.54 Å². The fourth-order valence-corrected chi connectivity index (χ4v) is 1.83. The van der Waals surface area contributed by atoms with E-state index in [1.807, 2.05) is 7.05 Å². The summed E-state index contributed by atoms with van der Waals surface area (Å²) >= 11 is 0. The van der Waals surface area contributed by atoms with Gasteiger partial charge in [0.15, 0.2) is 0 Å². The van der Waals surface area contributed by atoms with E-state index >= 15 is 0 Å². The Morgan fingerprint density at radius 1 is 1.20 bits per heavy atom. The summed E-state index contributed by atoms with van der Waals surface area (Å²) in [7, 11) is 1.94. The SMILES string of the molecule is CNCc1nnc2n1CCCCC2.Cl.Cl. The molecule has 0 saturated heterocycles. The number of hydrogen-bond donors (Lipinski definition) is 1. The third-order valence-corrected chi connectivity index (χ3v) is 2.52. The summed E-state index contributed by atoms with van der Waals surface area (Å²) in [5.74, 6) is 2.25. The van der Waals surface area contributed by atoms with Crippen LogP contribution >= 0.6 is 24.8 Å². The van der Waals surface area contributed by atoms with Crippen LogP contribution < -0.4 is 5.32 Å². The molecule has 2 heterocycles. The van der Waals surface area contributed by atoms with Crippen LogP contribution in [0, 0.1) is 0 Å². The maximum Gasteiger partial charge on any atom is 0.146 e. The van der Waals surface area contributed by atoms with Crippen LogP contribution in [0.25, 0.3) is 0 Å². The molecule has 15 heavy (non-hydrogen) atoms. The van der Waals surface area contributed by atoms with Crippen molar-refractivity contribution in [2.24, 2.45) is 0 Å². The minimum atomic E-state index is 0. The first-order chi connectivity index (χ1) is 6.42. The van der Waals surface area contributed by atoms with Crippen LogP contribution in [0.4, 0.5) is 0 Å². The second kappa shape index (κ2) is 7.04. The summed E-state index contributed by atoms with van der Waals surface area (Å²) in [6.07, 6.45) is 4.94. The van der Waals surface area contributed by atoms with E-state index in [1.165, 1.54) is 25.1 Å². The summed E-state index contributed by atoms with van der Waals surface area (Å²) in [5, 5.41) is 11.5. The average molecular weight is 253 g/mol. The van der Waals surface area contributed by atoms with Crippen LogP contribution in [-0.4, -0.2) is 21.8 Å². The van der Waals surface area contributed by atoms with Gasteiger partial charge in [0, 0.05) is 13.0 Å². The smallest absolute Gasteiger partial charge is 0.146 e. The molecule has 4 nitrogen and oxygen atoms in total. The van der Waals surface area contributed by atoms with E-state index in [1.54, 1.807) is 0 Å². The van der Waals surface area contributed by atoms with Crippen molar-refractivity contribution >= 4 is 24.8 Å². The molecule has 0 radical (unpaired) electrons. The quantitative estimate of drug-likeness (QED) is 0.869. The molecule has 0 atom stereocenters. The van der Waals surface area contributed by atoms with Crippen LogP contribution in [0.5, 0.6) is 0 Å². The predicted octanol–water partition coefficient (Wildman–Crippen LogP) is 1.57. The number of nitrogens with one attached hydrogen (secondary N) is 1. The molecule has 0 unspecified atom stereocenters. The van der Waals surface area contributed by atoms with Crippen LogP contribution in [0.3, 0.4) is 0 Å². The zero-order valence-electron chi connectivity index (χ0n) is 8.90. The first-order valence-electron chi connectivity index (χ1n) is 4.97. The lowest BCUT2D eigenvalue weighted by molar-refractivity contribution is 0.591. The summed E-state index contributed by atoms with van der Waals surface area (Å²) in [6, 6.07) is 0. The van der Waals surface area contributed by atoms with Gasteiger partial charge in [-0.2, -0.15) is 0 Å². The highest BCUT2D eigenvalue weighted by Crippen LogP contribution is 2.13.